The molecular formula is C16H23NO4S. The van der Waals surface area contributed by atoms with Crippen LogP contribution in [0, 0.1) is 0 Å². The van der Waals surface area contributed by atoms with Gasteiger partial charge in [-0.15, -0.1) is 0 Å². The van der Waals surface area contributed by atoms with Gasteiger partial charge >= 0.3 is 5.97 Å². The zero-order valence-electron chi connectivity index (χ0n) is 13.7. The van der Waals surface area contributed by atoms with Gasteiger partial charge in [-0.05, 0) is 45.4 Å². The van der Waals surface area contributed by atoms with Crippen molar-refractivity contribution in [2.75, 3.05) is 13.7 Å². The van der Waals surface area contributed by atoms with E-state index in [1.807, 2.05) is 45.0 Å². The van der Waals surface area contributed by atoms with Crippen LogP contribution in [0.3, 0.4) is 0 Å². The third kappa shape index (κ3) is 3.33. The van der Waals surface area contributed by atoms with Gasteiger partial charge < -0.3 is 9.47 Å². The molecule has 0 saturated carbocycles. The molecule has 5 nitrogen and oxygen atoms in total. The molecule has 6 heteroatoms. The quantitative estimate of drug-likeness (QED) is 0.616. The number of esters is 1. The summed E-state index contributed by atoms with van der Waals surface area (Å²) in [6, 6.07) is 6.80. The van der Waals surface area contributed by atoms with Crippen molar-refractivity contribution < 1.29 is 18.5 Å². The molecule has 1 fully saturated rings. The first kappa shape index (κ1) is 17.0. The lowest BCUT2D eigenvalue weighted by molar-refractivity contribution is -0.143. The molecule has 0 amide bonds. The Morgan fingerprint density at radius 1 is 1.27 bits per heavy atom. The Hall–Kier alpha value is -1.40. The smallest absolute Gasteiger partial charge is 0.326 e. The van der Waals surface area contributed by atoms with Crippen LogP contribution in [0.25, 0.3) is 0 Å². The SMILES string of the molecule is CCOC(=O)[C@@H]1[C@H](c2ccc(OC)cc2)N1S(=O)C(C)(C)C. The van der Waals surface area contributed by atoms with Crippen LogP contribution in [-0.4, -0.2) is 39.0 Å². The summed E-state index contributed by atoms with van der Waals surface area (Å²) >= 11 is 0. The fraction of sp³-hybridized carbons (Fsp3) is 0.562. The second-order valence-corrected chi connectivity index (χ2v) is 8.28. The van der Waals surface area contributed by atoms with Gasteiger partial charge in [-0.25, -0.2) is 4.21 Å². The van der Waals surface area contributed by atoms with Gasteiger partial charge in [0.2, 0.25) is 0 Å². The molecule has 22 heavy (non-hydrogen) atoms. The fourth-order valence-corrected chi connectivity index (χ4v) is 3.75. The maximum atomic E-state index is 12.7. The molecule has 2 rings (SSSR count). The Morgan fingerprint density at radius 2 is 1.86 bits per heavy atom. The fourth-order valence-electron chi connectivity index (χ4n) is 2.32. The summed E-state index contributed by atoms with van der Waals surface area (Å²) in [6.07, 6.45) is 0. The van der Waals surface area contributed by atoms with E-state index in [1.54, 1.807) is 18.3 Å². The number of benzene rings is 1. The molecule has 0 radical (unpaired) electrons. The Labute approximate surface area is 134 Å². The molecule has 122 valence electrons. The average Bonchev–Trinajstić information content (AvgIpc) is 3.21. The Balaban J connectivity index is 2.26. The minimum atomic E-state index is -1.27. The predicted molar refractivity (Wildman–Crippen MR) is 85.9 cm³/mol. The van der Waals surface area contributed by atoms with Gasteiger partial charge in [0.1, 0.15) is 22.8 Å². The Bertz CT molecular complexity index is 565. The molecule has 4 atom stereocenters. The molecule has 1 aromatic carbocycles. The number of carbonyl (C=O) groups is 1. The van der Waals surface area contributed by atoms with Crippen LogP contribution in [0.5, 0.6) is 5.75 Å². The van der Waals surface area contributed by atoms with Crippen LogP contribution in [-0.2, 0) is 20.5 Å². The maximum absolute atomic E-state index is 12.7. The van der Waals surface area contributed by atoms with Gasteiger partial charge in [0.05, 0.1) is 24.5 Å². The molecule has 0 N–H and O–H groups in total. The summed E-state index contributed by atoms with van der Waals surface area (Å²) in [5.74, 6) is 0.432. The highest BCUT2D eigenvalue weighted by atomic mass is 32.2. The van der Waals surface area contributed by atoms with E-state index in [1.165, 1.54) is 0 Å². The molecule has 0 aromatic heterocycles. The van der Waals surface area contributed by atoms with Crippen molar-refractivity contribution in [3.05, 3.63) is 29.8 Å². The van der Waals surface area contributed by atoms with Crippen LogP contribution in [0.1, 0.15) is 39.3 Å². The van der Waals surface area contributed by atoms with Gasteiger partial charge in [-0.2, -0.15) is 4.31 Å². The van der Waals surface area contributed by atoms with Crippen LogP contribution in [0.15, 0.2) is 24.3 Å². The zero-order chi connectivity index (χ0) is 16.5. The van der Waals surface area contributed by atoms with Crippen molar-refractivity contribution in [3.63, 3.8) is 0 Å². The highest BCUT2D eigenvalue weighted by molar-refractivity contribution is 7.84. The highest BCUT2D eigenvalue weighted by Gasteiger charge is 2.59. The Morgan fingerprint density at radius 3 is 2.32 bits per heavy atom. The largest absolute Gasteiger partial charge is 0.497 e. The van der Waals surface area contributed by atoms with Crippen LogP contribution >= 0.6 is 0 Å². The third-order valence-electron chi connectivity index (χ3n) is 3.46. The first-order valence-electron chi connectivity index (χ1n) is 7.32. The number of nitrogens with zero attached hydrogens (tertiary/aromatic N) is 1. The lowest BCUT2D eigenvalue weighted by atomic mass is 10.1. The number of carbonyl (C=O) groups excluding carboxylic acids is 1. The summed E-state index contributed by atoms with van der Waals surface area (Å²) in [6.45, 7) is 7.78. The van der Waals surface area contributed by atoms with Crippen molar-refractivity contribution in [1.29, 1.82) is 0 Å². The molecule has 1 aromatic rings. The van der Waals surface area contributed by atoms with Gasteiger partial charge in [-0.1, -0.05) is 12.1 Å². The molecule has 0 bridgehead atoms. The average molecular weight is 325 g/mol. The van der Waals surface area contributed by atoms with Crippen molar-refractivity contribution >= 4 is 17.0 Å². The van der Waals surface area contributed by atoms with Gasteiger partial charge in [0, 0.05) is 0 Å². The summed E-state index contributed by atoms with van der Waals surface area (Å²) in [7, 11) is 0.337. The van der Waals surface area contributed by atoms with Crippen molar-refractivity contribution in [2.45, 2.75) is 44.5 Å². The molecule has 1 heterocycles. The second kappa shape index (κ2) is 6.38. The van der Waals surface area contributed by atoms with Crippen LogP contribution in [0.4, 0.5) is 0 Å². The maximum Gasteiger partial charge on any atom is 0.326 e. The van der Waals surface area contributed by atoms with E-state index in [4.69, 9.17) is 9.47 Å². The highest BCUT2D eigenvalue weighted by Crippen LogP contribution is 2.47. The molecule has 0 aliphatic carbocycles. The first-order valence-corrected chi connectivity index (χ1v) is 8.42. The number of methoxy groups -OCH3 is 1. The van der Waals surface area contributed by atoms with E-state index in [0.717, 1.165) is 11.3 Å². The number of rotatable bonds is 5. The molecule has 1 aliphatic heterocycles. The monoisotopic (exact) mass is 325 g/mol. The minimum Gasteiger partial charge on any atom is -0.497 e. The van der Waals surface area contributed by atoms with E-state index in [0.29, 0.717) is 6.61 Å². The third-order valence-corrected chi connectivity index (χ3v) is 5.34. The predicted octanol–water partition coefficient (Wildman–Crippen LogP) is 2.45. The lowest BCUT2D eigenvalue weighted by Gasteiger charge is -2.18. The summed E-state index contributed by atoms with van der Waals surface area (Å²) in [4.78, 5) is 12.1. The molecule has 0 spiro atoms. The zero-order valence-corrected chi connectivity index (χ0v) is 14.5. The van der Waals surface area contributed by atoms with E-state index in [9.17, 15) is 9.00 Å². The van der Waals surface area contributed by atoms with E-state index in [2.05, 4.69) is 0 Å². The van der Waals surface area contributed by atoms with E-state index < -0.39 is 21.8 Å². The standard InChI is InChI=1S/C16H23NO4S/c1-6-21-15(18)14-13(17(14)22(19)16(2,3)4)11-7-9-12(20-5)10-8-11/h7-10,13-14H,6H2,1-5H3/t13-,14-,17?,22?/m0/s1. The minimum absolute atomic E-state index is 0.204. The first-order chi connectivity index (χ1) is 10.3. The van der Waals surface area contributed by atoms with E-state index >= 15 is 0 Å². The summed E-state index contributed by atoms with van der Waals surface area (Å²) in [5, 5.41) is 0. The second-order valence-electron chi connectivity index (χ2n) is 6.14. The number of ether oxygens (including phenoxy) is 2. The van der Waals surface area contributed by atoms with Crippen molar-refractivity contribution in [2.24, 2.45) is 0 Å². The van der Waals surface area contributed by atoms with Crippen LogP contribution in [0.2, 0.25) is 0 Å². The number of hydrogen-bond donors (Lipinski definition) is 0. The topological polar surface area (TPSA) is 55.6 Å². The molecule has 1 aliphatic rings. The summed E-state index contributed by atoms with van der Waals surface area (Å²) in [5.41, 5.74) is 0.941. The normalized spacial score (nSPS) is 25.4. The van der Waals surface area contributed by atoms with Gasteiger partial charge in [-0.3, -0.25) is 4.79 Å². The van der Waals surface area contributed by atoms with Crippen LogP contribution < -0.4 is 4.74 Å². The lowest BCUT2D eigenvalue weighted by Crippen LogP contribution is -2.30. The van der Waals surface area contributed by atoms with Crippen molar-refractivity contribution in [1.82, 2.24) is 4.31 Å². The van der Waals surface area contributed by atoms with Gasteiger partial charge in [0.15, 0.2) is 0 Å². The molecule has 2 unspecified atom stereocenters. The van der Waals surface area contributed by atoms with Crippen molar-refractivity contribution in [3.8, 4) is 5.75 Å². The van der Waals surface area contributed by atoms with Gasteiger partial charge in [0.25, 0.3) is 0 Å². The Kier molecular flexibility index (Phi) is 4.92. The molecular weight excluding hydrogens is 302 g/mol. The van der Waals surface area contributed by atoms with E-state index in [-0.39, 0.29) is 12.0 Å². The summed E-state index contributed by atoms with van der Waals surface area (Å²) < 4.78 is 24.2. The molecule has 1 saturated heterocycles. The number of hydrogen-bond acceptors (Lipinski definition) is 4.